The van der Waals surface area contributed by atoms with Crippen LogP contribution in [0.25, 0.3) is 0 Å². The first kappa shape index (κ1) is 12.4. The molecule has 0 radical (unpaired) electrons. The fraction of sp³-hybridized carbons (Fsp3) is 0.615. The Morgan fingerprint density at radius 3 is 2.82 bits per heavy atom. The van der Waals surface area contributed by atoms with Gasteiger partial charge in [0.05, 0.1) is 6.61 Å². The summed E-state index contributed by atoms with van der Waals surface area (Å²) in [6, 6.07) is 1.88. The van der Waals surface area contributed by atoms with Crippen LogP contribution in [0.3, 0.4) is 0 Å². The molecular weight excluding hydrogens is 234 g/mol. The Bertz CT molecular complexity index is 402. The van der Waals surface area contributed by atoms with Gasteiger partial charge in [0.1, 0.15) is 10.6 Å². The largest absolute Gasteiger partial charge is 0.492 e. The van der Waals surface area contributed by atoms with Crippen LogP contribution in [0.2, 0.25) is 0 Å². The molecule has 1 N–H and O–H groups in total. The van der Waals surface area contributed by atoms with Crippen molar-refractivity contribution in [3.05, 3.63) is 16.3 Å². The van der Waals surface area contributed by atoms with Crippen molar-refractivity contribution in [3.63, 3.8) is 0 Å². The average Bonchev–Trinajstić information content (AvgIpc) is 2.90. The molecule has 0 aliphatic heterocycles. The molecule has 1 saturated carbocycles. The highest BCUT2D eigenvalue weighted by atomic mass is 32.1. The molecular formula is C13H19NO2S. The smallest absolute Gasteiger partial charge is 0.265 e. The second-order valence-electron chi connectivity index (χ2n) is 5.57. The van der Waals surface area contributed by atoms with Gasteiger partial charge in [-0.1, -0.05) is 0 Å². The number of ether oxygens (including phenoxy) is 1. The van der Waals surface area contributed by atoms with E-state index in [0.29, 0.717) is 10.8 Å². The van der Waals surface area contributed by atoms with Gasteiger partial charge in [0.2, 0.25) is 0 Å². The molecule has 2 rings (SSSR count). The summed E-state index contributed by atoms with van der Waals surface area (Å²) >= 11 is 1.43. The lowest BCUT2D eigenvalue weighted by molar-refractivity contribution is 0.0920. The van der Waals surface area contributed by atoms with Crippen molar-refractivity contribution in [2.45, 2.75) is 39.2 Å². The summed E-state index contributed by atoms with van der Waals surface area (Å²) in [5, 5.41) is 4.86. The summed E-state index contributed by atoms with van der Waals surface area (Å²) in [6.07, 6.45) is 2.52. The number of hydrogen-bond acceptors (Lipinski definition) is 3. The fourth-order valence-electron chi connectivity index (χ4n) is 1.47. The molecule has 1 fully saturated rings. The van der Waals surface area contributed by atoms with E-state index in [4.69, 9.17) is 4.74 Å². The highest BCUT2D eigenvalue weighted by molar-refractivity contribution is 7.12. The summed E-state index contributed by atoms with van der Waals surface area (Å²) < 4.78 is 5.69. The quantitative estimate of drug-likeness (QED) is 0.895. The number of carbonyl (C=O) groups excluding carboxylic acids is 1. The average molecular weight is 253 g/mol. The van der Waals surface area contributed by atoms with Gasteiger partial charge in [-0.05, 0) is 51.0 Å². The monoisotopic (exact) mass is 253 g/mol. The zero-order valence-electron chi connectivity index (χ0n) is 10.6. The summed E-state index contributed by atoms with van der Waals surface area (Å²) in [4.78, 5) is 12.7. The first-order valence-electron chi connectivity index (χ1n) is 5.98. The third-order valence-corrected chi connectivity index (χ3v) is 3.39. The molecule has 0 unspecified atom stereocenters. The molecule has 1 aliphatic rings. The van der Waals surface area contributed by atoms with E-state index in [9.17, 15) is 4.79 Å². The lowest BCUT2D eigenvalue weighted by Crippen LogP contribution is -2.40. The first-order chi connectivity index (χ1) is 7.96. The Morgan fingerprint density at radius 1 is 1.53 bits per heavy atom. The Labute approximate surface area is 106 Å². The second kappa shape index (κ2) is 4.69. The van der Waals surface area contributed by atoms with Crippen LogP contribution in [-0.4, -0.2) is 18.1 Å². The van der Waals surface area contributed by atoms with Crippen LogP contribution in [-0.2, 0) is 0 Å². The van der Waals surface area contributed by atoms with Gasteiger partial charge in [0, 0.05) is 5.54 Å². The van der Waals surface area contributed by atoms with Gasteiger partial charge in [-0.2, -0.15) is 0 Å². The van der Waals surface area contributed by atoms with Crippen molar-refractivity contribution in [2.24, 2.45) is 5.92 Å². The molecule has 0 saturated heterocycles. The highest BCUT2D eigenvalue weighted by Crippen LogP contribution is 2.32. The molecule has 17 heavy (non-hydrogen) atoms. The number of amides is 1. The van der Waals surface area contributed by atoms with E-state index in [1.54, 1.807) is 0 Å². The Hall–Kier alpha value is -1.03. The maximum Gasteiger partial charge on any atom is 0.265 e. The Morgan fingerprint density at radius 2 is 2.24 bits per heavy atom. The minimum Gasteiger partial charge on any atom is -0.492 e. The van der Waals surface area contributed by atoms with Crippen LogP contribution in [0.1, 0.15) is 43.3 Å². The molecule has 0 bridgehead atoms. The maximum atomic E-state index is 12.0. The lowest BCUT2D eigenvalue weighted by Gasteiger charge is -2.20. The number of hydrogen-bond donors (Lipinski definition) is 1. The normalized spacial score (nSPS) is 15.7. The number of thiophene rings is 1. The third kappa shape index (κ3) is 3.73. The van der Waals surface area contributed by atoms with Gasteiger partial charge < -0.3 is 10.1 Å². The highest BCUT2D eigenvalue weighted by Gasteiger charge is 2.24. The third-order valence-electron chi connectivity index (χ3n) is 2.50. The predicted octanol–water partition coefficient (Wildman–Crippen LogP) is 3.07. The molecule has 1 aliphatic carbocycles. The van der Waals surface area contributed by atoms with Gasteiger partial charge in [-0.3, -0.25) is 4.79 Å². The Balaban J connectivity index is 1.98. The van der Waals surface area contributed by atoms with E-state index in [0.717, 1.165) is 12.4 Å². The first-order valence-corrected chi connectivity index (χ1v) is 6.86. The zero-order valence-corrected chi connectivity index (χ0v) is 11.4. The molecule has 1 aromatic heterocycles. The number of nitrogens with one attached hydrogen (secondary N) is 1. The molecule has 0 atom stereocenters. The summed E-state index contributed by atoms with van der Waals surface area (Å²) in [6.45, 7) is 6.67. The fourth-order valence-corrected chi connectivity index (χ4v) is 2.20. The van der Waals surface area contributed by atoms with Crippen LogP contribution in [0.15, 0.2) is 11.4 Å². The molecule has 1 heterocycles. The van der Waals surface area contributed by atoms with E-state index < -0.39 is 0 Å². The number of carbonyl (C=O) groups is 1. The van der Waals surface area contributed by atoms with Crippen LogP contribution in [0.4, 0.5) is 0 Å². The molecule has 0 aromatic carbocycles. The maximum absolute atomic E-state index is 12.0. The van der Waals surface area contributed by atoms with Crippen LogP contribution in [0.5, 0.6) is 5.75 Å². The van der Waals surface area contributed by atoms with Crippen molar-refractivity contribution < 1.29 is 9.53 Å². The molecule has 4 heteroatoms. The summed E-state index contributed by atoms with van der Waals surface area (Å²) in [5.41, 5.74) is -0.213. The van der Waals surface area contributed by atoms with E-state index in [1.165, 1.54) is 24.2 Å². The molecule has 94 valence electrons. The van der Waals surface area contributed by atoms with Crippen molar-refractivity contribution in [1.82, 2.24) is 5.32 Å². The zero-order chi connectivity index (χ0) is 12.5. The van der Waals surface area contributed by atoms with E-state index in [2.05, 4.69) is 5.32 Å². The van der Waals surface area contributed by atoms with Gasteiger partial charge in [0.15, 0.2) is 0 Å². The second-order valence-corrected chi connectivity index (χ2v) is 6.49. The molecule has 3 nitrogen and oxygen atoms in total. The molecule has 1 amide bonds. The topological polar surface area (TPSA) is 38.3 Å². The van der Waals surface area contributed by atoms with Crippen molar-refractivity contribution >= 4 is 17.2 Å². The minimum atomic E-state index is -0.213. The lowest BCUT2D eigenvalue weighted by atomic mass is 10.1. The Kier molecular flexibility index (Phi) is 3.43. The van der Waals surface area contributed by atoms with Crippen LogP contribution >= 0.6 is 11.3 Å². The molecule has 0 spiro atoms. The van der Waals surface area contributed by atoms with Gasteiger partial charge in [-0.25, -0.2) is 0 Å². The van der Waals surface area contributed by atoms with E-state index >= 15 is 0 Å². The predicted molar refractivity (Wildman–Crippen MR) is 69.8 cm³/mol. The van der Waals surface area contributed by atoms with Gasteiger partial charge >= 0.3 is 0 Å². The van der Waals surface area contributed by atoms with Crippen LogP contribution < -0.4 is 10.1 Å². The standard InChI is InChI=1S/C13H19NO2S/c1-13(2,3)14-12(15)11-10(6-7-17-11)16-8-9-4-5-9/h6-7,9H,4-5,8H2,1-3H3,(H,14,15). The van der Waals surface area contributed by atoms with E-state index in [-0.39, 0.29) is 11.4 Å². The van der Waals surface area contributed by atoms with Crippen molar-refractivity contribution in [2.75, 3.05) is 6.61 Å². The minimum absolute atomic E-state index is 0.0432. The van der Waals surface area contributed by atoms with Crippen molar-refractivity contribution in [1.29, 1.82) is 0 Å². The van der Waals surface area contributed by atoms with Crippen molar-refractivity contribution in [3.8, 4) is 5.75 Å². The van der Waals surface area contributed by atoms with Gasteiger partial charge in [-0.15, -0.1) is 11.3 Å². The molecule has 1 aromatic rings. The van der Waals surface area contributed by atoms with Gasteiger partial charge in [0.25, 0.3) is 5.91 Å². The SMILES string of the molecule is CC(C)(C)NC(=O)c1sccc1OCC1CC1. The summed E-state index contributed by atoms with van der Waals surface area (Å²) in [5.74, 6) is 1.38. The van der Waals surface area contributed by atoms with Crippen LogP contribution in [0, 0.1) is 5.92 Å². The summed E-state index contributed by atoms with van der Waals surface area (Å²) in [7, 11) is 0. The van der Waals surface area contributed by atoms with E-state index in [1.807, 2.05) is 32.2 Å². The number of rotatable bonds is 4.